The van der Waals surface area contributed by atoms with E-state index in [1.807, 2.05) is 0 Å². The lowest BCUT2D eigenvalue weighted by molar-refractivity contribution is 0.0771. The van der Waals surface area contributed by atoms with Crippen molar-refractivity contribution in [2.24, 2.45) is 23.7 Å². The van der Waals surface area contributed by atoms with Gasteiger partial charge in [0.1, 0.15) is 0 Å². The zero-order valence-electron chi connectivity index (χ0n) is 11.3. The molecule has 0 heterocycles. The average molecular weight is 322 g/mol. The molecular formula is C12H18O6S2. The molecule has 0 unspecified atom stereocenters. The highest BCUT2D eigenvalue weighted by Gasteiger charge is 2.58. The van der Waals surface area contributed by atoms with Gasteiger partial charge in [-0.1, -0.05) is 12.2 Å². The van der Waals surface area contributed by atoms with Gasteiger partial charge in [-0.25, -0.2) is 0 Å². The molecule has 0 bridgehead atoms. The van der Waals surface area contributed by atoms with Crippen molar-refractivity contribution in [3.63, 3.8) is 0 Å². The quantitative estimate of drug-likeness (QED) is 0.554. The summed E-state index contributed by atoms with van der Waals surface area (Å²) in [5, 5.41) is 0. The molecule has 8 heteroatoms. The molecule has 2 saturated carbocycles. The Morgan fingerprint density at radius 2 is 1.20 bits per heavy atom. The van der Waals surface area contributed by atoms with Crippen LogP contribution in [0.25, 0.3) is 0 Å². The minimum absolute atomic E-state index is 0.176. The number of allylic oxidation sites excluding steroid dienone is 2. The summed E-state index contributed by atoms with van der Waals surface area (Å²) in [6.45, 7) is 0. The van der Waals surface area contributed by atoms with Gasteiger partial charge in [-0.05, 0) is 30.6 Å². The van der Waals surface area contributed by atoms with Gasteiger partial charge in [0.15, 0.2) is 0 Å². The molecule has 2 fully saturated rings. The average Bonchev–Trinajstić information content (AvgIpc) is 2.81. The van der Waals surface area contributed by atoms with E-state index in [0.29, 0.717) is 12.8 Å². The monoisotopic (exact) mass is 322 g/mol. The van der Waals surface area contributed by atoms with E-state index in [2.05, 4.69) is 12.2 Å². The lowest BCUT2D eigenvalue weighted by Crippen LogP contribution is -2.33. The molecule has 20 heavy (non-hydrogen) atoms. The molecule has 0 aromatic carbocycles. The Balaban J connectivity index is 1.87. The van der Waals surface area contributed by atoms with E-state index in [-0.39, 0.29) is 23.7 Å². The third-order valence-corrected chi connectivity index (χ3v) is 5.70. The maximum absolute atomic E-state index is 11.4. The lowest BCUT2D eigenvalue weighted by atomic mass is 9.91. The Morgan fingerprint density at radius 1 is 0.800 bits per heavy atom. The van der Waals surface area contributed by atoms with Crippen molar-refractivity contribution < 1.29 is 25.2 Å². The smallest absolute Gasteiger partial charge is 0.264 e. The van der Waals surface area contributed by atoms with Gasteiger partial charge in [0, 0.05) is 5.92 Å². The van der Waals surface area contributed by atoms with E-state index in [1.165, 1.54) is 0 Å². The van der Waals surface area contributed by atoms with Gasteiger partial charge in [0.25, 0.3) is 20.2 Å². The molecule has 4 atom stereocenters. The summed E-state index contributed by atoms with van der Waals surface area (Å²) < 4.78 is 55.8. The molecule has 3 aliphatic rings. The normalized spacial score (nSPS) is 43.1. The van der Waals surface area contributed by atoms with E-state index in [9.17, 15) is 16.8 Å². The Hall–Kier alpha value is -0.440. The fourth-order valence-corrected chi connectivity index (χ4v) is 5.46. The summed E-state index contributed by atoms with van der Waals surface area (Å²) in [7, 11) is -7.12. The topological polar surface area (TPSA) is 86.7 Å². The van der Waals surface area contributed by atoms with Crippen LogP contribution in [0.3, 0.4) is 0 Å². The summed E-state index contributed by atoms with van der Waals surface area (Å²) in [6.07, 6.45) is 6.50. The van der Waals surface area contributed by atoms with Gasteiger partial charge < -0.3 is 0 Å². The molecule has 3 aliphatic carbocycles. The molecule has 0 amide bonds. The Morgan fingerprint density at radius 3 is 1.55 bits per heavy atom. The number of hydrogen-bond acceptors (Lipinski definition) is 6. The first-order valence-corrected chi connectivity index (χ1v) is 10.2. The van der Waals surface area contributed by atoms with Gasteiger partial charge in [0.2, 0.25) is 0 Å². The first-order valence-electron chi connectivity index (χ1n) is 6.59. The second-order valence-electron chi connectivity index (χ2n) is 6.02. The molecule has 6 nitrogen and oxygen atoms in total. The second kappa shape index (κ2) is 4.53. The molecule has 0 radical (unpaired) electrons. The van der Waals surface area contributed by atoms with Crippen molar-refractivity contribution in [2.75, 3.05) is 12.5 Å². The highest BCUT2D eigenvalue weighted by Crippen LogP contribution is 2.57. The summed E-state index contributed by atoms with van der Waals surface area (Å²) in [5.74, 6) is 0.604. The minimum Gasteiger partial charge on any atom is -0.267 e. The van der Waals surface area contributed by atoms with E-state index in [1.54, 1.807) is 0 Å². The standard InChI is InChI=1S/C12H18O6S2/c1-19(13,14)17-9-5-7-3-4-8-6-10(12(9)11(7)8)18-20(2,15)16/h3-4,7-12H,5-6H2,1-2H3/t7-,8-,9-,10-,11?,12?/m1/s1. The maximum atomic E-state index is 11.4. The van der Waals surface area contributed by atoms with Gasteiger partial charge in [0.05, 0.1) is 24.7 Å². The van der Waals surface area contributed by atoms with Crippen LogP contribution in [-0.2, 0) is 28.6 Å². The summed E-state index contributed by atoms with van der Waals surface area (Å²) >= 11 is 0. The van der Waals surface area contributed by atoms with Crippen molar-refractivity contribution in [2.45, 2.75) is 25.0 Å². The van der Waals surface area contributed by atoms with Gasteiger partial charge in [-0.15, -0.1) is 0 Å². The van der Waals surface area contributed by atoms with Crippen molar-refractivity contribution in [3.05, 3.63) is 12.2 Å². The molecule has 0 aromatic heterocycles. The van der Waals surface area contributed by atoms with Crippen LogP contribution in [0.1, 0.15) is 12.8 Å². The van der Waals surface area contributed by atoms with E-state index < -0.39 is 32.4 Å². The van der Waals surface area contributed by atoms with Gasteiger partial charge in [-0.2, -0.15) is 16.8 Å². The highest BCUT2D eigenvalue weighted by molar-refractivity contribution is 7.86. The number of rotatable bonds is 4. The zero-order chi connectivity index (χ0) is 14.7. The van der Waals surface area contributed by atoms with E-state index >= 15 is 0 Å². The van der Waals surface area contributed by atoms with Crippen LogP contribution in [-0.4, -0.2) is 41.6 Å². The maximum Gasteiger partial charge on any atom is 0.264 e. The van der Waals surface area contributed by atoms with Crippen molar-refractivity contribution in [1.29, 1.82) is 0 Å². The second-order valence-corrected chi connectivity index (χ2v) is 9.22. The molecule has 0 spiro atoms. The predicted octanol–water partition coefficient (Wildman–Crippen LogP) is 0.518. The Kier molecular flexibility index (Phi) is 3.28. The first kappa shape index (κ1) is 14.5. The highest BCUT2D eigenvalue weighted by atomic mass is 32.2. The fourth-order valence-electron chi connectivity index (χ4n) is 4.14. The molecule has 0 saturated heterocycles. The third kappa shape index (κ3) is 2.66. The van der Waals surface area contributed by atoms with E-state index in [0.717, 1.165) is 12.5 Å². The molecule has 0 aliphatic heterocycles. The summed E-state index contributed by atoms with van der Waals surface area (Å²) in [6, 6.07) is 0. The molecule has 114 valence electrons. The minimum atomic E-state index is -3.56. The summed E-state index contributed by atoms with van der Waals surface area (Å²) in [4.78, 5) is 0. The molecular weight excluding hydrogens is 304 g/mol. The Bertz CT molecular complexity index is 581. The van der Waals surface area contributed by atoms with Crippen LogP contribution in [0.15, 0.2) is 12.2 Å². The van der Waals surface area contributed by atoms with Gasteiger partial charge in [-0.3, -0.25) is 8.37 Å². The van der Waals surface area contributed by atoms with Gasteiger partial charge >= 0.3 is 0 Å². The summed E-state index contributed by atoms with van der Waals surface area (Å²) in [5.41, 5.74) is 0. The fraction of sp³-hybridized carbons (Fsp3) is 0.833. The number of hydrogen-bond donors (Lipinski definition) is 0. The Labute approximate surface area is 119 Å². The lowest BCUT2D eigenvalue weighted by Gasteiger charge is -2.23. The molecule has 3 rings (SSSR count). The zero-order valence-corrected chi connectivity index (χ0v) is 12.9. The predicted molar refractivity (Wildman–Crippen MR) is 71.8 cm³/mol. The van der Waals surface area contributed by atoms with Crippen molar-refractivity contribution >= 4 is 20.2 Å². The van der Waals surface area contributed by atoms with Crippen LogP contribution in [0.2, 0.25) is 0 Å². The first-order chi connectivity index (χ1) is 9.14. The SMILES string of the molecule is CS(=O)(=O)O[C@@H]1C[C@H]2C=C[C@@H]3C[C@@H](OS(C)(=O)=O)C1C23. The molecule has 0 aromatic rings. The molecule has 0 N–H and O–H groups in total. The van der Waals surface area contributed by atoms with E-state index in [4.69, 9.17) is 8.37 Å². The third-order valence-electron chi connectivity index (χ3n) is 4.50. The van der Waals surface area contributed by atoms with Crippen LogP contribution in [0.4, 0.5) is 0 Å². The largest absolute Gasteiger partial charge is 0.267 e. The van der Waals surface area contributed by atoms with Crippen LogP contribution in [0, 0.1) is 23.7 Å². The van der Waals surface area contributed by atoms with Crippen molar-refractivity contribution in [1.82, 2.24) is 0 Å². The van der Waals surface area contributed by atoms with Crippen molar-refractivity contribution in [3.8, 4) is 0 Å². The van der Waals surface area contributed by atoms with Crippen LogP contribution < -0.4 is 0 Å². The van der Waals surface area contributed by atoms with Crippen LogP contribution in [0.5, 0.6) is 0 Å². The van der Waals surface area contributed by atoms with Crippen LogP contribution >= 0.6 is 0 Å².